The Morgan fingerprint density at radius 2 is 2.00 bits per heavy atom. The summed E-state index contributed by atoms with van der Waals surface area (Å²) >= 11 is 0. The third-order valence-corrected chi connectivity index (χ3v) is 3.41. The molecule has 88 valence electrons. The Labute approximate surface area is 95.8 Å². The van der Waals surface area contributed by atoms with Crippen LogP contribution in [0.15, 0.2) is 0 Å². The van der Waals surface area contributed by atoms with E-state index >= 15 is 0 Å². The van der Waals surface area contributed by atoms with Gasteiger partial charge in [0.2, 0.25) is 0 Å². The zero-order valence-electron chi connectivity index (χ0n) is 9.97. The van der Waals surface area contributed by atoms with Gasteiger partial charge in [0, 0.05) is 17.3 Å². The lowest BCUT2D eigenvalue weighted by molar-refractivity contribution is 0.0922. The zero-order valence-corrected chi connectivity index (χ0v) is 9.97. The standard InChI is InChI=1S/C12H19N3O/c1-8-9(2)14-15-11(8)12(16)13-10-6-4-3-5-7-10/h10H,3-7H2,1-2H3,(H,13,16)(H,14,15). The minimum atomic E-state index is -0.0336. The molecule has 1 fully saturated rings. The Morgan fingerprint density at radius 1 is 1.31 bits per heavy atom. The SMILES string of the molecule is Cc1[nH]nc(C(=O)NC2CCCCC2)c1C. The third kappa shape index (κ3) is 2.26. The number of hydrogen-bond acceptors (Lipinski definition) is 2. The smallest absolute Gasteiger partial charge is 0.272 e. The number of aryl methyl sites for hydroxylation is 1. The van der Waals surface area contributed by atoms with Crippen molar-refractivity contribution in [2.75, 3.05) is 0 Å². The van der Waals surface area contributed by atoms with Gasteiger partial charge in [-0.25, -0.2) is 0 Å². The van der Waals surface area contributed by atoms with Gasteiger partial charge in [-0.2, -0.15) is 5.10 Å². The molecular weight excluding hydrogens is 202 g/mol. The summed E-state index contributed by atoms with van der Waals surface area (Å²) in [5.41, 5.74) is 2.46. The van der Waals surface area contributed by atoms with E-state index in [9.17, 15) is 4.79 Å². The molecule has 1 aliphatic rings. The van der Waals surface area contributed by atoms with E-state index in [4.69, 9.17) is 0 Å². The summed E-state index contributed by atoms with van der Waals surface area (Å²) < 4.78 is 0. The van der Waals surface area contributed by atoms with Crippen LogP contribution < -0.4 is 5.32 Å². The Balaban J connectivity index is 1.99. The van der Waals surface area contributed by atoms with Crippen molar-refractivity contribution < 1.29 is 4.79 Å². The van der Waals surface area contributed by atoms with Gasteiger partial charge in [-0.05, 0) is 26.7 Å². The average Bonchev–Trinajstić information content (AvgIpc) is 2.61. The van der Waals surface area contributed by atoms with Crippen LogP contribution in [0, 0.1) is 13.8 Å². The summed E-state index contributed by atoms with van der Waals surface area (Å²) in [6.07, 6.45) is 5.96. The zero-order chi connectivity index (χ0) is 11.5. The molecule has 0 saturated heterocycles. The van der Waals surface area contributed by atoms with E-state index in [0.717, 1.165) is 24.1 Å². The number of H-pyrrole nitrogens is 1. The fourth-order valence-corrected chi connectivity index (χ4v) is 2.21. The summed E-state index contributed by atoms with van der Waals surface area (Å²) in [6, 6.07) is 0.345. The topological polar surface area (TPSA) is 57.8 Å². The predicted molar refractivity (Wildman–Crippen MR) is 62.4 cm³/mol. The van der Waals surface area contributed by atoms with Crippen molar-refractivity contribution in [2.45, 2.75) is 52.0 Å². The van der Waals surface area contributed by atoms with E-state index in [1.807, 2.05) is 13.8 Å². The third-order valence-electron chi connectivity index (χ3n) is 3.41. The second-order valence-corrected chi connectivity index (χ2v) is 4.63. The van der Waals surface area contributed by atoms with Gasteiger partial charge in [-0.1, -0.05) is 19.3 Å². The molecule has 1 aromatic rings. The number of carbonyl (C=O) groups excluding carboxylic acids is 1. The second kappa shape index (κ2) is 4.68. The lowest BCUT2D eigenvalue weighted by Gasteiger charge is -2.22. The molecule has 1 aliphatic carbocycles. The number of nitrogens with zero attached hydrogens (tertiary/aromatic N) is 1. The van der Waals surface area contributed by atoms with Crippen molar-refractivity contribution in [3.63, 3.8) is 0 Å². The predicted octanol–water partition coefficient (Wildman–Crippen LogP) is 2.09. The fourth-order valence-electron chi connectivity index (χ4n) is 2.21. The van der Waals surface area contributed by atoms with Crippen LogP contribution in [0.2, 0.25) is 0 Å². The molecule has 0 aromatic carbocycles. The first-order valence-corrected chi connectivity index (χ1v) is 6.01. The number of aromatic nitrogens is 2. The van der Waals surface area contributed by atoms with E-state index in [2.05, 4.69) is 15.5 Å². The number of rotatable bonds is 2. The molecule has 0 aliphatic heterocycles. The molecule has 0 spiro atoms. The van der Waals surface area contributed by atoms with Gasteiger partial charge in [0.1, 0.15) is 0 Å². The lowest BCUT2D eigenvalue weighted by Crippen LogP contribution is -2.36. The van der Waals surface area contributed by atoms with E-state index < -0.39 is 0 Å². The van der Waals surface area contributed by atoms with Crippen LogP contribution in [0.1, 0.15) is 53.8 Å². The summed E-state index contributed by atoms with van der Waals surface area (Å²) in [4.78, 5) is 12.0. The van der Waals surface area contributed by atoms with Crippen molar-refractivity contribution in [3.05, 3.63) is 17.0 Å². The first kappa shape index (κ1) is 11.2. The van der Waals surface area contributed by atoms with E-state index in [1.165, 1.54) is 19.3 Å². The Bertz CT molecular complexity index is 378. The average molecular weight is 221 g/mol. The van der Waals surface area contributed by atoms with Crippen molar-refractivity contribution in [2.24, 2.45) is 0 Å². The van der Waals surface area contributed by atoms with Crippen LogP contribution in [0.4, 0.5) is 0 Å². The summed E-state index contributed by atoms with van der Waals surface area (Å²) in [6.45, 7) is 3.86. The molecule has 1 amide bonds. The maximum absolute atomic E-state index is 12.0. The highest BCUT2D eigenvalue weighted by Gasteiger charge is 2.19. The van der Waals surface area contributed by atoms with Gasteiger partial charge in [-0.3, -0.25) is 9.89 Å². The molecular formula is C12H19N3O. The van der Waals surface area contributed by atoms with Crippen LogP contribution in [0.3, 0.4) is 0 Å². The molecule has 0 bridgehead atoms. The van der Waals surface area contributed by atoms with Gasteiger partial charge in [0.15, 0.2) is 5.69 Å². The maximum atomic E-state index is 12.0. The lowest BCUT2D eigenvalue weighted by atomic mass is 9.95. The summed E-state index contributed by atoms with van der Waals surface area (Å²) in [7, 11) is 0. The molecule has 2 rings (SSSR count). The van der Waals surface area contributed by atoms with E-state index in [-0.39, 0.29) is 5.91 Å². The van der Waals surface area contributed by atoms with Crippen LogP contribution in [0.25, 0.3) is 0 Å². The van der Waals surface area contributed by atoms with Crippen molar-refractivity contribution in [1.82, 2.24) is 15.5 Å². The molecule has 1 heterocycles. The fraction of sp³-hybridized carbons (Fsp3) is 0.667. The van der Waals surface area contributed by atoms with Crippen LogP contribution in [-0.4, -0.2) is 22.1 Å². The number of carbonyl (C=O) groups is 1. The van der Waals surface area contributed by atoms with Crippen molar-refractivity contribution in [3.8, 4) is 0 Å². The van der Waals surface area contributed by atoms with Gasteiger partial charge < -0.3 is 5.32 Å². The Hall–Kier alpha value is -1.32. The Morgan fingerprint density at radius 3 is 2.56 bits per heavy atom. The highest BCUT2D eigenvalue weighted by molar-refractivity contribution is 5.94. The van der Waals surface area contributed by atoms with Gasteiger partial charge in [0.25, 0.3) is 5.91 Å². The summed E-state index contributed by atoms with van der Waals surface area (Å²) in [5, 5.41) is 9.96. The molecule has 16 heavy (non-hydrogen) atoms. The Kier molecular flexibility index (Phi) is 3.27. The number of amides is 1. The maximum Gasteiger partial charge on any atom is 0.272 e. The molecule has 2 N–H and O–H groups in total. The minimum absolute atomic E-state index is 0.0336. The highest BCUT2D eigenvalue weighted by atomic mass is 16.2. The van der Waals surface area contributed by atoms with E-state index in [1.54, 1.807) is 0 Å². The highest BCUT2D eigenvalue weighted by Crippen LogP contribution is 2.18. The van der Waals surface area contributed by atoms with Gasteiger partial charge in [-0.15, -0.1) is 0 Å². The molecule has 4 nitrogen and oxygen atoms in total. The quantitative estimate of drug-likeness (QED) is 0.803. The molecule has 0 atom stereocenters. The molecule has 0 radical (unpaired) electrons. The molecule has 0 unspecified atom stereocenters. The van der Waals surface area contributed by atoms with Gasteiger partial charge in [0.05, 0.1) is 0 Å². The molecule has 1 saturated carbocycles. The van der Waals surface area contributed by atoms with Crippen LogP contribution in [-0.2, 0) is 0 Å². The van der Waals surface area contributed by atoms with E-state index in [0.29, 0.717) is 11.7 Å². The summed E-state index contributed by atoms with van der Waals surface area (Å²) in [5.74, 6) is -0.0336. The monoisotopic (exact) mass is 221 g/mol. The second-order valence-electron chi connectivity index (χ2n) is 4.63. The van der Waals surface area contributed by atoms with Crippen LogP contribution in [0.5, 0.6) is 0 Å². The van der Waals surface area contributed by atoms with Crippen LogP contribution >= 0.6 is 0 Å². The minimum Gasteiger partial charge on any atom is -0.348 e. The van der Waals surface area contributed by atoms with Crippen molar-refractivity contribution in [1.29, 1.82) is 0 Å². The number of aromatic amines is 1. The van der Waals surface area contributed by atoms with Gasteiger partial charge >= 0.3 is 0 Å². The number of hydrogen-bond donors (Lipinski definition) is 2. The molecule has 1 aromatic heterocycles. The first-order chi connectivity index (χ1) is 7.68. The number of nitrogens with one attached hydrogen (secondary N) is 2. The normalized spacial score (nSPS) is 17.4. The first-order valence-electron chi connectivity index (χ1n) is 6.01. The van der Waals surface area contributed by atoms with Crippen molar-refractivity contribution >= 4 is 5.91 Å². The largest absolute Gasteiger partial charge is 0.348 e. The molecule has 4 heteroatoms.